The van der Waals surface area contributed by atoms with E-state index in [9.17, 15) is 9.59 Å². The smallest absolute Gasteiger partial charge is 0.274 e. The zero-order chi connectivity index (χ0) is 19.0. The van der Waals surface area contributed by atoms with Crippen molar-refractivity contribution in [3.8, 4) is 5.75 Å². The van der Waals surface area contributed by atoms with E-state index in [1.807, 2.05) is 35.2 Å². The third-order valence-corrected chi connectivity index (χ3v) is 5.80. The van der Waals surface area contributed by atoms with Gasteiger partial charge in [0.15, 0.2) is 0 Å². The molecular weight excluding hydrogens is 344 g/mol. The number of benzene rings is 2. The number of carbonyl (C=O) groups is 2. The van der Waals surface area contributed by atoms with Gasteiger partial charge in [-0.25, -0.2) is 5.48 Å². The maximum atomic E-state index is 13.2. The molecule has 1 spiro atoms. The summed E-state index contributed by atoms with van der Waals surface area (Å²) in [4.78, 5) is 27.1. The third kappa shape index (κ3) is 2.96. The summed E-state index contributed by atoms with van der Waals surface area (Å²) in [5, 5.41) is 8.99. The SMILES string of the molecule is COc1ccc(CN2CCC3(Cc4cccc(C(=O)NO)c4C3)C2=O)cc1. The Hall–Kier alpha value is -2.86. The van der Waals surface area contributed by atoms with Crippen molar-refractivity contribution in [3.05, 3.63) is 64.7 Å². The molecule has 1 aliphatic heterocycles. The lowest BCUT2D eigenvalue weighted by atomic mass is 9.83. The van der Waals surface area contributed by atoms with Gasteiger partial charge >= 0.3 is 0 Å². The monoisotopic (exact) mass is 366 g/mol. The second kappa shape index (κ2) is 6.70. The van der Waals surface area contributed by atoms with E-state index in [0.717, 1.165) is 28.9 Å². The van der Waals surface area contributed by atoms with Gasteiger partial charge in [-0.3, -0.25) is 14.8 Å². The van der Waals surface area contributed by atoms with E-state index < -0.39 is 11.3 Å². The zero-order valence-corrected chi connectivity index (χ0v) is 15.2. The summed E-state index contributed by atoms with van der Waals surface area (Å²) in [5.41, 5.74) is 4.66. The maximum absolute atomic E-state index is 13.2. The second-order valence-corrected chi connectivity index (χ2v) is 7.34. The Bertz CT molecular complexity index is 894. The van der Waals surface area contributed by atoms with E-state index in [4.69, 9.17) is 9.94 Å². The lowest BCUT2D eigenvalue weighted by Crippen LogP contribution is -2.35. The maximum Gasteiger partial charge on any atom is 0.274 e. The largest absolute Gasteiger partial charge is 0.497 e. The molecular formula is C21H22N2O4. The topological polar surface area (TPSA) is 78.9 Å². The number of methoxy groups -OCH3 is 1. The third-order valence-electron chi connectivity index (χ3n) is 5.80. The molecule has 6 heteroatoms. The number of amides is 2. The van der Waals surface area contributed by atoms with E-state index in [2.05, 4.69) is 0 Å². The number of nitrogens with zero attached hydrogens (tertiary/aromatic N) is 1. The van der Waals surface area contributed by atoms with Gasteiger partial charge in [0, 0.05) is 18.7 Å². The fourth-order valence-electron chi connectivity index (χ4n) is 4.37. The number of hydroxylamine groups is 1. The Labute approximate surface area is 157 Å². The van der Waals surface area contributed by atoms with Gasteiger partial charge < -0.3 is 9.64 Å². The Kier molecular flexibility index (Phi) is 4.36. The molecule has 1 unspecified atom stereocenters. The first-order valence-corrected chi connectivity index (χ1v) is 9.04. The average molecular weight is 366 g/mol. The lowest BCUT2D eigenvalue weighted by molar-refractivity contribution is -0.136. The van der Waals surface area contributed by atoms with Crippen LogP contribution in [-0.4, -0.2) is 35.6 Å². The molecule has 1 aliphatic carbocycles. The summed E-state index contributed by atoms with van der Waals surface area (Å²) in [6, 6.07) is 13.2. The molecule has 0 radical (unpaired) electrons. The summed E-state index contributed by atoms with van der Waals surface area (Å²) in [7, 11) is 1.63. The number of rotatable bonds is 4. The highest BCUT2D eigenvalue weighted by atomic mass is 16.5. The number of carbonyl (C=O) groups excluding carboxylic acids is 2. The highest BCUT2D eigenvalue weighted by Gasteiger charge is 2.50. The minimum Gasteiger partial charge on any atom is -0.497 e. The van der Waals surface area contributed by atoms with Crippen LogP contribution in [0.3, 0.4) is 0 Å². The predicted octanol–water partition coefficient (Wildman–Crippen LogP) is 2.33. The van der Waals surface area contributed by atoms with E-state index >= 15 is 0 Å². The van der Waals surface area contributed by atoms with Crippen molar-refractivity contribution in [3.63, 3.8) is 0 Å². The predicted molar refractivity (Wildman–Crippen MR) is 98.6 cm³/mol. The van der Waals surface area contributed by atoms with Crippen LogP contribution in [0.2, 0.25) is 0 Å². The molecule has 2 N–H and O–H groups in total. The molecule has 0 aromatic heterocycles. The summed E-state index contributed by atoms with van der Waals surface area (Å²) in [5.74, 6) is 0.415. The van der Waals surface area contributed by atoms with Crippen molar-refractivity contribution < 1.29 is 19.5 Å². The van der Waals surface area contributed by atoms with E-state index in [-0.39, 0.29) is 5.91 Å². The normalized spacial score (nSPS) is 20.8. The summed E-state index contributed by atoms with van der Waals surface area (Å²) >= 11 is 0. The van der Waals surface area contributed by atoms with Crippen LogP contribution < -0.4 is 10.2 Å². The van der Waals surface area contributed by atoms with Crippen LogP contribution in [0.25, 0.3) is 0 Å². The molecule has 27 heavy (non-hydrogen) atoms. The quantitative estimate of drug-likeness (QED) is 0.643. The molecule has 1 heterocycles. The minimum atomic E-state index is -0.524. The van der Waals surface area contributed by atoms with Crippen LogP contribution in [0.1, 0.15) is 33.5 Å². The van der Waals surface area contributed by atoms with Gasteiger partial charge in [0.1, 0.15) is 5.75 Å². The summed E-state index contributed by atoms with van der Waals surface area (Å²) < 4.78 is 5.18. The van der Waals surface area contributed by atoms with Crippen molar-refractivity contribution in [1.82, 2.24) is 10.4 Å². The number of likely N-dealkylation sites (tertiary alicyclic amines) is 1. The summed E-state index contributed by atoms with van der Waals surface area (Å²) in [6.07, 6.45) is 1.97. The molecule has 0 saturated carbocycles. The Balaban J connectivity index is 1.54. The van der Waals surface area contributed by atoms with Crippen LogP contribution in [0.15, 0.2) is 42.5 Å². The van der Waals surface area contributed by atoms with Crippen molar-refractivity contribution in [1.29, 1.82) is 0 Å². The molecule has 0 bridgehead atoms. The average Bonchev–Trinajstić information content (AvgIpc) is 3.23. The highest BCUT2D eigenvalue weighted by molar-refractivity contribution is 5.96. The first kappa shape index (κ1) is 17.5. The number of hydrogen-bond donors (Lipinski definition) is 2. The standard InChI is InChI=1S/C21H22N2O4/c1-27-16-7-5-14(6-8-16)13-23-10-9-21(20(23)25)11-15-3-2-4-17(18(15)12-21)19(24)22-26/h2-8,26H,9-13H2,1H3,(H,22,24). The van der Waals surface area contributed by atoms with E-state index in [1.54, 1.807) is 24.7 Å². The van der Waals surface area contributed by atoms with Crippen LogP contribution in [0.5, 0.6) is 5.75 Å². The molecule has 2 aromatic carbocycles. The zero-order valence-electron chi connectivity index (χ0n) is 15.2. The van der Waals surface area contributed by atoms with Gasteiger partial charge in [-0.1, -0.05) is 24.3 Å². The van der Waals surface area contributed by atoms with Gasteiger partial charge in [-0.15, -0.1) is 0 Å². The molecule has 4 rings (SSSR count). The van der Waals surface area contributed by atoms with Crippen molar-refractivity contribution in [2.45, 2.75) is 25.8 Å². The molecule has 1 atom stereocenters. The van der Waals surface area contributed by atoms with Crippen molar-refractivity contribution in [2.75, 3.05) is 13.7 Å². The number of nitrogens with one attached hydrogen (secondary N) is 1. The first-order chi connectivity index (χ1) is 13.1. The van der Waals surface area contributed by atoms with Gasteiger partial charge in [-0.05, 0) is 54.2 Å². The molecule has 1 saturated heterocycles. The molecule has 2 aliphatic rings. The van der Waals surface area contributed by atoms with Gasteiger partial charge in [0.2, 0.25) is 5.91 Å². The van der Waals surface area contributed by atoms with Gasteiger partial charge in [0.05, 0.1) is 12.5 Å². The highest BCUT2D eigenvalue weighted by Crippen LogP contribution is 2.46. The Morgan fingerprint density at radius 1 is 1.22 bits per heavy atom. The summed E-state index contributed by atoms with van der Waals surface area (Å²) in [6.45, 7) is 1.28. The van der Waals surface area contributed by atoms with Crippen LogP contribution in [0, 0.1) is 5.41 Å². The second-order valence-electron chi connectivity index (χ2n) is 7.34. The number of fused-ring (bicyclic) bond motifs is 1. The number of ether oxygens (including phenoxy) is 1. The molecule has 6 nitrogen and oxygen atoms in total. The Morgan fingerprint density at radius 2 is 2.00 bits per heavy atom. The van der Waals surface area contributed by atoms with Crippen molar-refractivity contribution >= 4 is 11.8 Å². The fraction of sp³-hybridized carbons (Fsp3) is 0.333. The number of hydrogen-bond acceptors (Lipinski definition) is 4. The van der Waals surface area contributed by atoms with Gasteiger partial charge in [0.25, 0.3) is 5.91 Å². The molecule has 1 fully saturated rings. The fourth-order valence-corrected chi connectivity index (χ4v) is 4.37. The lowest BCUT2D eigenvalue weighted by Gasteiger charge is -2.23. The molecule has 2 aromatic rings. The first-order valence-electron chi connectivity index (χ1n) is 9.04. The van der Waals surface area contributed by atoms with Crippen LogP contribution in [-0.2, 0) is 24.2 Å². The van der Waals surface area contributed by atoms with E-state index in [0.29, 0.717) is 31.5 Å². The minimum absolute atomic E-state index is 0.143. The van der Waals surface area contributed by atoms with Gasteiger partial charge in [-0.2, -0.15) is 0 Å². The van der Waals surface area contributed by atoms with Crippen molar-refractivity contribution in [2.24, 2.45) is 5.41 Å². The molecule has 2 amide bonds. The van der Waals surface area contributed by atoms with Crippen LogP contribution >= 0.6 is 0 Å². The van der Waals surface area contributed by atoms with Crippen LogP contribution in [0.4, 0.5) is 0 Å². The van der Waals surface area contributed by atoms with E-state index in [1.165, 1.54) is 0 Å². The Morgan fingerprint density at radius 3 is 2.70 bits per heavy atom. The molecule has 140 valence electrons.